The van der Waals surface area contributed by atoms with Gasteiger partial charge in [0.25, 0.3) is 5.91 Å². The molecule has 1 fully saturated rings. The number of carbonyl (C=O) groups is 1. The SMILES string of the molecule is Cc1ccc(NC(=O)[C@@H](C)Oc2ccc(C(C)(C)C)cc2)cc1S(=O)(=O)N1CCOCC1. The number of rotatable bonds is 6. The van der Waals surface area contributed by atoms with Crippen molar-refractivity contribution in [2.75, 3.05) is 31.6 Å². The highest BCUT2D eigenvalue weighted by Gasteiger charge is 2.28. The van der Waals surface area contributed by atoms with Gasteiger partial charge in [-0.1, -0.05) is 39.0 Å². The van der Waals surface area contributed by atoms with Crippen molar-refractivity contribution in [2.45, 2.75) is 51.0 Å². The fourth-order valence-corrected chi connectivity index (χ4v) is 5.08. The Hall–Kier alpha value is -2.42. The van der Waals surface area contributed by atoms with E-state index in [2.05, 4.69) is 26.1 Å². The molecule has 0 aliphatic carbocycles. The number of benzene rings is 2. The maximum atomic E-state index is 13.1. The van der Waals surface area contributed by atoms with Gasteiger partial charge in [-0.2, -0.15) is 4.31 Å². The molecule has 1 saturated heterocycles. The van der Waals surface area contributed by atoms with Crippen molar-refractivity contribution in [1.29, 1.82) is 0 Å². The Labute approximate surface area is 190 Å². The molecule has 3 rings (SSSR count). The van der Waals surface area contributed by atoms with Crippen LogP contribution in [0, 0.1) is 6.92 Å². The highest BCUT2D eigenvalue weighted by Crippen LogP contribution is 2.26. The molecule has 1 aliphatic rings. The highest BCUT2D eigenvalue weighted by atomic mass is 32.2. The maximum absolute atomic E-state index is 13.1. The Kier molecular flexibility index (Phi) is 7.27. The van der Waals surface area contributed by atoms with Crippen LogP contribution in [-0.2, 0) is 25.0 Å². The van der Waals surface area contributed by atoms with Gasteiger partial charge >= 0.3 is 0 Å². The van der Waals surface area contributed by atoms with Gasteiger partial charge in [-0.15, -0.1) is 0 Å². The molecule has 7 nitrogen and oxygen atoms in total. The molecule has 8 heteroatoms. The van der Waals surface area contributed by atoms with Crippen molar-refractivity contribution < 1.29 is 22.7 Å². The molecule has 174 valence electrons. The van der Waals surface area contributed by atoms with Crippen LogP contribution in [0.2, 0.25) is 0 Å². The summed E-state index contributed by atoms with van der Waals surface area (Å²) in [5.74, 6) is 0.239. The number of amides is 1. The van der Waals surface area contributed by atoms with Crippen LogP contribution in [0.15, 0.2) is 47.4 Å². The van der Waals surface area contributed by atoms with Crippen LogP contribution in [0.5, 0.6) is 5.75 Å². The van der Waals surface area contributed by atoms with E-state index < -0.39 is 16.1 Å². The largest absolute Gasteiger partial charge is 0.481 e. The first kappa shape index (κ1) is 24.2. The van der Waals surface area contributed by atoms with Gasteiger partial charge in [0.1, 0.15) is 5.75 Å². The molecule has 0 unspecified atom stereocenters. The third-order valence-electron chi connectivity index (χ3n) is 5.45. The first-order valence-electron chi connectivity index (χ1n) is 10.7. The fraction of sp³-hybridized carbons (Fsp3) is 0.458. The highest BCUT2D eigenvalue weighted by molar-refractivity contribution is 7.89. The third-order valence-corrected chi connectivity index (χ3v) is 7.49. The second-order valence-corrected chi connectivity index (χ2v) is 10.9. The number of aryl methyl sites for hydroxylation is 1. The number of carbonyl (C=O) groups excluding carboxylic acids is 1. The Morgan fingerprint density at radius 2 is 1.72 bits per heavy atom. The van der Waals surface area contributed by atoms with Crippen LogP contribution in [0.4, 0.5) is 5.69 Å². The summed E-state index contributed by atoms with van der Waals surface area (Å²) >= 11 is 0. The molecule has 0 saturated carbocycles. The van der Waals surface area contributed by atoms with E-state index in [0.29, 0.717) is 43.3 Å². The van der Waals surface area contributed by atoms with E-state index in [1.807, 2.05) is 24.3 Å². The van der Waals surface area contributed by atoms with Crippen LogP contribution in [-0.4, -0.2) is 51.0 Å². The van der Waals surface area contributed by atoms with Gasteiger partial charge in [-0.3, -0.25) is 4.79 Å². The zero-order chi connectivity index (χ0) is 23.5. The van der Waals surface area contributed by atoms with Crippen molar-refractivity contribution in [3.63, 3.8) is 0 Å². The zero-order valence-electron chi connectivity index (χ0n) is 19.3. The van der Waals surface area contributed by atoms with Gasteiger partial charge in [-0.05, 0) is 54.7 Å². The molecule has 0 aromatic heterocycles. The Balaban J connectivity index is 1.70. The van der Waals surface area contributed by atoms with Crippen molar-refractivity contribution in [3.8, 4) is 5.75 Å². The number of sulfonamides is 1. The number of nitrogens with zero attached hydrogens (tertiary/aromatic N) is 1. The summed E-state index contributed by atoms with van der Waals surface area (Å²) in [6, 6.07) is 12.6. The Bertz CT molecular complexity index is 1050. The first-order valence-corrected chi connectivity index (χ1v) is 12.2. The van der Waals surface area contributed by atoms with E-state index in [0.717, 1.165) is 0 Å². The van der Waals surface area contributed by atoms with E-state index in [1.54, 1.807) is 26.0 Å². The van der Waals surface area contributed by atoms with Crippen LogP contribution < -0.4 is 10.1 Å². The van der Waals surface area contributed by atoms with Crippen molar-refractivity contribution in [2.24, 2.45) is 0 Å². The molecule has 1 heterocycles. The lowest BCUT2D eigenvalue weighted by molar-refractivity contribution is -0.122. The van der Waals surface area contributed by atoms with E-state index >= 15 is 0 Å². The van der Waals surface area contributed by atoms with Gasteiger partial charge in [0.2, 0.25) is 10.0 Å². The molecular weight excluding hydrogens is 428 g/mol. The normalized spacial score (nSPS) is 16.4. The molecule has 2 aromatic rings. The monoisotopic (exact) mass is 460 g/mol. The number of anilines is 1. The molecule has 2 aromatic carbocycles. The summed E-state index contributed by atoms with van der Waals surface area (Å²) in [5.41, 5.74) is 2.24. The molecule has 1 N–H and O–H groups in total. The number of hydrogen-bond acceptors (Lipinski definition) is 5. The lowest BCUT2D eigenvalue weighted by Gasteiger charge is -2.27. The van der Waals surface area contributed by atoms with Gasteiger partial charge < -0.3 is 14.8 Å². The van der Waals surface area contributed by atoms with E-state index in [4.69, 9.17) is 9.47 Å². The summed E-state index contributed by atoms with van der Waals surface area (Å²) < 4.78 is 38.6. The van der Waals surface area contributed by atoms with E-state index in [-0.39, 0.29) is 16.2 Å². The maximum Gasteiger partial charge on any atom is 0.265 e. The predicted octanol–water partition coefficient (Wildman–Crippen LogP) is 3.72. The van der Waals surface area contributed by atoms with Crippen LogP contribution in [0.3, 0.4) is 0 Å². The summed E-state index contributed by atoms with van der Waals surface area (Å²) in [4.78, 5) is 12.9. The molecule has 0 bridgehead atoms. The number of ether oxygens (including phenoxy) is 2. The van der Waals surface area contributed by atoms with Gasteiger partial charge in [0.15, 0.2) is 6.10 Å². The minimum absolute atomic E-state index is 0.0340. The lowest BCUT2D eigenvalue weighted by Crippen LogP contribution is -2.40. The van der Waals surface area contributed by atoms with E-state index in [1.165, 1.54) is 15.9 Å². The molecule has 1 aliphatic heterocycles. The van der Waals surface area contributed by atoms with Gasteiger partial charge in [0.05, 0.1) is 18.1 Å². The molecule has 1 amide bonds. The van der Waals surface area contributed by atoms with Gasteiger partial charge in [0, 0.05) is 18.8 Å². The minimum Gasteiger partial charge on any atom is -0.481 e. The molecule has 1 atom stereocenters. The van der Waals surface area contributed by atoms with Crippen molar-refractivity contribution >= 4 is 21.6 Å². The molecule has 0 spiro atoms. The number of nitrogens with one attached hydrogen (secondary N) is 1. The van der Waals surface area contributed by atoms with Gasteiger partial charge in [-0.25, -0.2) is 8.42 Å². The van der Waals surface area contributed by atoms with Crippen molar-refractivity contribution in [1.82, 2.24) is 4.31 Å². The Morgan fingerprint density at radius 1 is 1.09 bits per heavy atom. The average Bonchev–Trinajstić information content (AvgIpc) is 2.75. The molecular formula is C24H32N2O5S. The zero-order valence-corrected chi connectivity index (χ0v) is 20.2. The van der Waals surface area contributed by atoms with Crippen molar-refractivity contribution in [3.05, 3.63) is 53.6 Å². The number of hydrogen-bond donors (Lipinski definition) is 1. The fourth-order valence-electron chi connectivity index (χ4n) is 3.42. The summed E-state index contributed by atoms with van der Waals surface area (Å²) in [5, 5.41) is 2.77. The summed E-state index contributed by atoms with van der Waals surface area (Å²) in [6.07, 6.45) is -0.754. The summed E-state index contributed by atoms with van der Waals surface area (Å²) in [6.45, 7) is 11.2. The van der Waals surface area contributed by atoms with Crippen LogP contribution in [0.25, 0.3) is 0 Å². The predicted molar refractivity (Wildman–Crippen MR) is 125 cm³/mol. The average molecular weight is 461 g/mol. The Morgan fingerprint density at radius 3 is 2.31 bits per heavy atom. The van der Waals surface area contributed by atoms with Crippen LogP contribution in [0.1, 0.15) is 38.8 Å². The summed E-state index contributed by atoms with van der Waals surface area (Å²) in [7, 11) is -3.67. The molecule has 32 heavy (non-hydrogen) atoms. The lowest BCUT2D eigenvalue weighted by atomic mass is 9.87. The standard InChI is InChI=1S/C24H32N2O5S/c1-17-6-9-20(16-22(17)32(28,29)26-12-14-30-15-13-26)25-23(27)18(2)31-21-10-7-19(8-11-21)24(3,4)5/h6-11,16,18H,12-15H2,1-5H3,(H,25,27)/t18-/m1/s1. The van der Waals surface area contributed by atoms with E-state index in [9.17, 15) is 13.2 Å². The smallest absolute Gasteiger partial charge is 0.265 e. The topological polar surface area (TPSA) is 84.9 Å². The number of morpholine rings is 1. The first-order chi connectivity index (χ1) is 15.0. The molecule has 0 radical (unpaired) electrons. The van der Waals surface area contributed by atoms with Crippen LogP contribution >= 0.6 is 0 Å². The quantitative estimate of drug-likeness (QED) is 0.710. The minimum atomic E-state index is -3.67. The second-order valence-electron chi connectivity index (χ2n) is 9.02. The third kappa shape index (κ3) is 5.68. The second kappa shape index (κ2) is 9.60.